The van der Waals surface area contributed by atoms with E-state index in [9.17, 15) is 5.11 Å². The molecule has 68 valence electrons. The van der Waals surface area contributed by atoms with E-state index in [0.29, 0.717) is 6.42 Å². The Labute approximate surface area is 72.0 Å². The van der Waals surface area contributed by atoms with Crippen molar-refractivity contribution in [2.75, 3.05) is 6.61 Å². The van der Waals surface area contributed by atoms with Crippen LogP contribution < -0.4 is 0 Å². The van der Waals surface area contributed by atoms with Gasteiger partial charge in [0.05, 0.1) is 19.0 Å². The molecule has 0 saturated carbocycles. The Morgan fingerprint density at radius 2 is 2.33 bits per heavy atom. The van der Waals surface area contributed by atoms with Gasteiger partial charge in [-0.2, -0.15) is 0 Å². The van der Waals surface area contributed by atoms with Crippen molar-refractivity contribution in [2.45, 2.75) is 37.6 Å². The lowest BCUT2D eigenvalue weighted by atomic mass is 9.98. The molecule has 2 atom stereocenters. The predicted molar refractivity (Wildman–Crippen MR) is 43.4 cm³/mol. The van der Waals surface area contributed by atoms with Crippen molar-refractivity contribution in [3.63, 3.8) is 0 Å². The summed E-state index contributed by atoms with van der Waals surface area (Å²) < 4.78 is 11.0. The van der Waals surface area contributed by atoms with Gasteiger partial charge in [0.15, 0.2) is 0 Å². The first-order valence-corrected chi connectivity index (χ1v) is 4.47. The van der Waals surface area contributed by atoms with Gasteiger partial charge in [0, 0.05) is 12.8 Å². The highest BCUT2D eigenvalue weighted by Gasteiger charge is 2.38. The Morgan fingerprint density at radius 1 is 1.42 bits per heavy atom. The molecule has 12 heavy (non-hydrogen) atoms. The fraction of sp³-hybridized carbons (Fsp3) is 0.778. The van der Waals surface area contributed by atoms with E-state index < -0.39 is 11.9 Å². The summed E-state index contributed by atoms with van der Waals surface area (Å²) >= 11 is 0. The van der Waals surface area contributed by atoms with Crippen molar-refractivity contribution in [1.29, 1.82) is 0 Å². The summed E-state index contributed by atoms with van der Waals surface area (Å²) in [7, 11) is 0. The average Bonchev–Trinajstić information content (AvgIpc) is 2.05. The Morgan fingerprint density at radius 3 is 3.00 bits per heavy atom. The molecular formula is C9H14O3. The third kappa shape index (κ3) is 1.47. The van der Waals surface area contributed by atoms with E-state index in [1.807, 2.05) is 0 Å². The number of hydrogen-bond acceptors (Lipinski definition) is 3. The molecule has 0 aliphatic carbocycles. The second kappa shape index (κ2) is 3.07. The summed E-state index contributed by atoms with van der Waals surface area (Å²) in [6.07, 6.45) is 6.50. The molecule has 2 rings (SSSR count). The Hall–Kier alpha value is -0.540. The quantitative estimate of drug-likeness (QED) is 0.593. The Bertz CT molecular complexity index is 182. The first kappa shape index (κ1) is 8.08. The summed E-state index contributed by atoms with van der Waals surface area (Å²) in [4.78, 5) is 0. The van der Waals surface area contributed by atoms with Gasteiger partial charge in [-0.1, -0.05) is 0 Å². The first-order valence-electron chi connectivity index (χ1n) is 4.47. The monoisotopic (exact) mass is 170 g/mol. The number of rotatable bonds is 0. The van der Waals surface area contributed by atoms with Gasteiger partial charge < -0.3 is 14.6 Å². The summed E-state index contributed by atoms with van der Waals surface area (Å²) in [6, 6.07) is 0. The van der Waals surface area contributed by atoms with Gasteiger partial charge >= 0.3 is 0 Å². The van der Waals surface area contributed by atoms with Gasteiger partial charge in [-0.05, 0) is 18.9 Å². The number of aliphatic hydroxyl groups excluding tert-OH is 1. The second-order valence-corrected chi connectivity index (χ2v) is 3.43. The molecule has 2 aliphatic rings. The minimum absolute atomic E-state index is 0.406. The van der Waals surface area contributed by atoms with E-state index in [2.05, 4.69) is 0 Å². The van der Waals surface area contributed by atoms with Crippen molar-refractivity contribution >= 4 is 0 Å². The van der Waals surface area contributed by atoms with Crippen LogP contribution in [0.25, 0.3) is 0 Å². The van der Waals surface area contributed by atoms with Crippen LogP contribution in [0.3, 0.4) is 0 Å². The molecule has 0 bridgehead atoms. The van der Waals surface area contributed by atoms with Crippen molar-refractivity contribution in [2.24, 2.45) is 0 Å². The van der Waals surface area contributed by atoms with E-state index in [0.717, 1.165) is 25.9 Å². The lowest BCUT2D eigenvalue weighted by Crippen LogP contribution is -2.42. The summed E-state index contributed by atoms with van der Waals surface area (Å²) in [5, 5.41) is 9.38. The SMILES string of the molecule is OC1C=COC2(CCCCO2)C1. The van der Waals surface area contributed by atoms with Crippen molar-refractivity contribution in [3.8, 4) is 0 Å². The smallest absolute Gasteiger partial charge is 0.212 e. The molecule has 2 unspecified atom stereocenters. The molecule has 1 spiro atoms. The standard InChI is InChI=1S/C9H14O3/c10-8-3-6-12-9(7-8)4-1-2-5-11-9/h3,6,8,10H,1-2,4-5,7H2. The third-order valence-electron chi connectivity index (χ3n) is 2.42. The summed E-state index contributed by atoms with van der Waals surface area (Å²) in [5.41, 5.74) is 0. The molecule has 1 saturated heterocycles. The maximum Gasteiger partial charge on any atom is 0.212 e. The van der Waals surface area contributed by atoms with Crippen LogP contribution in [0.2, 0.25) is 0 Å². The zero-order chi connectivity index (χ0) is 8.44. The highest BCUT2D eigenvalue weighted by atomic mass is 16.7. The van der Waals surface area contributed by atoms with Crippen LogP contribution in [0, 0.1) is 0 Å². The highest BCUT2D eigenvalue weighted by Crippen LogP contribution is 2.33. The second-order valence-electron chi connectivity index (χ2n) is 3.43. The van der Waals surface area contributed by atoms with Crippen LogP contribution in [0.4, 0.5) is 0 Å². The number of ether oxygens (including phenoxy) is 2. The van der Waals surface area contributed by atoms with Gasteiger partial charge in [0.25, 0.3) is 0 Å². The van der Waals surface area contributed by atoms with Gasteiger partial charge in [-0.3, -0.25) is 0 Å². The molecular weight excluding hydrogens is 156 g/mol. The zero-order valence-electron chi connectivity index (χ0n) is 7.03. The zero-order valence-corrected chi connectivity index (χ0v) is 7.03. The molecule has 1 fully saturated rings. The summed E-state index contributed by atoms with van der Waals surface area (Å²) in [5.74, 6) is -0.508. The van der Waals surface area contributed by atoms with Gasteiger partial charge in [0.2, 0.25) is 5.79 Å². The summed E-state index contributed by atoms with van der Waals surface area (Å²) in [6.45, 7) is 0.751. The van der Waals surface area contributed by atoms with Gasteiger partial charge in [-0.25, -0.2) is 0 Å². The minimum atomic E-state index is -0.508. The molecule has 0 amide bonds. The van der Waals surface area contributed by atoms with E-state index in [4.69, 9.17) is 9.47 Å². The highest BCUT2D eigenvalue weighted by molar-refractivity contribution is 4.94. The van der Waals surface area contributed by atoms with E-state index >= 15 is 0 Å². The van der Waals surface area contributed by atoms with Crippen molar-refractivity contribution in [3.05, 3.63) is 12.3 Å². The first-order chi connectivity index (χ1) is 5.81. The molecule has 0 aromatic carbocycles. The molecule has 0 aromatic rings. The van der Waals surface area contributed by atoms with E-state index in [1.54, 1.807) is 12.3 Å². The van der Waals surface area contributed by atoms with E-state index in [1.165, 1.54) is 0 Å². The molecule has 0 aromatic heterocycles. The molecule has 3 heteroatoms. The molecule has 2 aliphatic heterocycles. The average molecular weight is 170 g/mol. The van der Waals surface area contributed by atoms with Crippen LogP contribution in [0.5, 0.6) is 0 Å². The van der Waals surface area contributed by atoms with Crippen LogP contribution >= 0.6 is 0 Å². The maximum absolute atomic E-state index is 9.38. The van der Waals surface area contributed by atoms with Crippen molar-refractivity contribution < 1.29 is 14.6 Å². The number of aliphatic hydroxyl groups is 1. The minimum Gasteiger partial charge on any atom is -0.470 e. The normalized spacial score (nSPS) is 41.2. The predicted octanol–water partition coefficient (Wildman–Crippen LogP) is 1.18. The topological polar surface area (TPSA) is 38.7 Å². The molecule has 2 heterocycles. The Balaban J connectivity index is 2.04. The van der Waals surface area contributed by atoms with Gasteiger partial charge in [-0.15, -0.1) is 0 Å². The van der Waals surface area contributed by atoms with Gasteiger partial charge in [0.1, 0.15) is 0 Å². The van der Waals surface area contributed by atoms with Crippen molar-refractivity contribution in [1.82, 2.24) is 0 Å². The van der Waals surface area contributed by atoms with E-state index in [-0.39, 0.29) is 0 Å². The fourth-order valence-electron chi connectivity index (χ4n) is 1.77. The van der Waals surface area contributed by atoms with Crippen LogP contribution in [0.15, 0.2) is 12.3 Å². The lowest BCUT2D eigenvalue weighted by Gasteiger charge is -2.39. The Kier molecular flexibility index (Phi) is 2.07. The lowest BCUT2D eigenvalue weighted by molar-refractivity contribution is -0.245. The van der Waals surface area contributed by atoms with Crippen LogP contribution in [-0.4, -0.2) is 23.6 Å². The molecule has 1 N–H and O–H groups in total. The van der Waals surface area contributed by atoms with Crippen LogP contribution in [0.1, 0.15) is 25.7 Å². The molecule has 0 radical (unpaired) electrons. The molecule has 3 nitrogen and oxygen atoms in total. The number of hydrogen-bond donors (Lipinski definition) is 1. The van der Waals surface area contributed by atoms with Crippen LogP contribution in [-0.2, 0) is 9.47 Å². The largest absolute Gasteiger partial charge is 0.470 e. The maximum atomic E-state index is 9.38. The third-order valence-corrected chi connectivity index (χ3v) is 2.42. The fourth-order valence-corrected chi connectivity index (χ4v) is 1.77.